The first-order chi connectivity index (χ1) is 15.8. The SMILES string of the molecule is CCC1(O)C(=O)OCc2c1cc1n(c2=O)Cc2c-1nc1cc(F)c(C)c3c1c2C(ON)CC3. The summed E-state index contributed by atoms with van der Waals surface area (Å²) in [4.78, 5) is 35.9. The number of ether oxygens (including phenoxy) is 1. The Labute approximate surface area is 187 Å². The van der Waals surface area contributed by atoms with Crippen molar-refractivity contribution in [1.29, 1.82) is 0 Å². The number of carbonyl (C=O) groups is 1. The fraction of sp³-hybridized carbons (Fsp3) is 0.375. The van der Waals surface area contributed by atoms with Gasteiger partial charge in [-0.25, -0.2) is 20.1 Å². The van der Waals surface area contributed by atoms with E-state index in [-0.39, 0.29) is 42.1 Å². The molecule has 0 fully saturated rings. The Kier molecular flexibility index (Phi) is 4.15. The van der Waals surface area contributed by atoms with Crippen molar-refractivity contribution in [1.82, 2.24) is 9.55 Å². The van der Waals surface area contributed by atoms with Crippen LogP contribution in [0.15, 0.2) is 16.9 Å². The number of carbonyl (C=O) groups excluding carboxylic acids is 1. The van der Waals surface area contributed by atoms with Gasteiger partial charge in [0.25, 0.3) is 5.56 Å². The summed E-state index contributed by atoms with van der Waals surface area (Å²) in [5.74, 6) is 4.53. The number of hydrogen-bond acceptors (Lipinski definition) is 7. The summed E-state index contributed by atoms with van der Waals surface area (Å²) in [5.41, 5.74) is 2.75. The topological polar surface area (TPSA) is 117 Å². The lowest BCUT2D eigenvalue weighted by atomic mass is 9.83. The molecule has 170 valence electrons. The van der Waals surface area contributed by atoms with Gasteiger partial charge in [-0.3, -0.25) is 9.63 Å². The van der Waals surface area contributed by atoms with E-state index in [9.17, 15) is 19.1 Å². The highest BCUT2D eigenvalue weighted by Gasteiger charge is 2.46. The number of aromatic nitrogens is 2. The third-order valence-corrected chi connectivity index (χ3v) is 7.49. The predicted octanol–water partition coefficient (Wildman–Crippen LogP) is 2.40. The molecule has 2 atom stereocenters. The van der Waals surface area contributed by atoms with E-state index >= 15 is 0 Å². The first-order valence-electron chi connectivity index (χ1n) is 11.0. The van der Waals surface area contributed by atoms with Crippen LogP contribution in [0.3, 0.4) is 0 Å². The molecular weight excluding hydrogens is 429 g/mol. The van der Waals surface area contributed by atoms with Crippen molar-refractivity contribution in [3.05, 3.63) is 61.7 Å². The molecule has 33 heavy (non-hydrogen) atoms. The van der Waals surface area contributed by atoms with Crippen molar-refractivity contribution in [3.63, 3.8) is 0 Å². The minimum absolute atomic E-state index is 0.0575. The molecule has 4 heterocycles. The number of nitrogens with two attached hydrogens (primary N) is 1. The van der Waals surface area contributed by atoms with Crippen LogP contribution in [0.1, 0.15) is 59.3 Å². The molecular formula is C24H22FN3O5. The Morgan fingerprint density at radius 1 is 1.33 bits per heavy atom. The highest BCUT2D eigenvalue weighted by molar-refractivity contribution is 5.93. The number of halogens is 1. The van der Waals surface area contributed by atoms with Crippen LogP contribution in [-0.2, 0) is 39.5 Å². The summed E-state index contributed by atoms with van der Waals surface area (Å²) in [6, 6.07) is 3.04. The van der Waals surface area contributed by atoms with Crippen LogP contribution in [0, 0.1) is 12.7 Å². The van der Waals surface area contributed by atoms with E-state index in [4.69, 9.17) is 20.5 Å². The average Bonchev–Trinajstić information content (AvgIpc) is 3.18. The van der Waals surface area contributed by atoms with Crippen LogP contribution >= 0.6 is 0 Å². The van der Waals surface area contributed by atoms with E-state index in [1.165, 1.54) is 6.07 Å². The summed E-state index contributed by atoms with van der Waals surface area (Å²) >= 11 is 0. The molecule has 0 saturated heterocycles. The van der Waals surface area contributed by atoms with Crippen LogP contribution in [0.5, 0.6) is 0 Å². The third kappa shape index (κ3) is 2.47. The molecule has 2 aliphatic heterocycles. The van der Waals surface area contributed by atoms with Gasteiger partial charge in [0.2, 0.25) is 0 Å². The number of esters is 1. The zero-order chi connectivity index (χ0) is 23.2. The molecule has 0 spiro atoms. The Morgan fingerprint density at radius 2 is 2.12 bits per heavy atom. The van der Waals surface area contributed by atoms with Crippen LogP contribution in [0.2, 0.25) is 0 Å². The van der Waals surface area contributed by atoms with E-state index in [1.54, 1.807) is 24.5 Å². The van der Waals surface area contributed by atoms with Crippen LogP contribution < -0.4 is 11.5 Å². The molecule has 2 unspecified atom stereocenters. The molecule has 3 aliphatic rings. The summed E-state index contributed by atoms with van der Waals surface area (Å²) in [6.07, 6.45) is 0.833. The van der Waals surface area contributed by atoms with Crippen molar-refractivity contribution >= 4 is 16.9 Å². The van der Waals surface area contributed by atoms with Gasteiger partial charge in [-0.05, 0) is 48.9 Å². The number of pyridine rings is 2. The van der Waals surface area contributed by atoms with Crippen molar-refractivity contribution < 1.29 is 23.9 Å². The Morgan fingerprint density at radius 3 is 2.85 bits per heavy atom. The molecule has 9 heteroatoms. The van der Waals surface area contributed by atoms with Gasteiger partial charge in [-0.1, -0.05) is 6.92 Å². The zero-order valence-corrected chi connectivity index (χ0v) is 18.2. The van der Waals surface area contributed by atoms with Crippen molar-refractivity contribution in [2.75, 3.05) is 0 Å². The van der Waals surface area contributed by atoms with Gasteiger partial charge in [0.15, 0.2) is 5.60 Å². The van der Waals surface area contributed by atoms with Crippen molar-refractivity contribution in [3.8, 4) is 11.4 Å². The van der Waals surface area contributed by atoms with Crippen LogP contribution in [0.4, 0.5) is 4.39 Å². The molecule has 6 rings (SSSR count). The van der Waals surface area contributed by atoms with Gasteiger partial charge in [0.1, 0.15) is 18.5 Å². The normalized spacial score (nSPS) is 22.7. The highest BCUT2D eigenvalue weighted by atomic mass is 19.1. The molecule has 8 nitrogen and oxygen atoms in total. The Balaban J connectivity index is 1.70. The van der Waals surface area contributed by atoms with E-state index in [1.807, 2.05) is 0 Å². The fourth-order valence-electron chi connectivity index (χ4n) is 5.65. The monoisotopic (exact) mass is 451 g/mol. The number of hydrogen-bond donors (Lipinski definition) is 2. The first kappa shape index (κ1) is 20.5. The summed E-state index contributed by atoms with van der Waals surface area (Å²) in [5, 5.41) is 11.9. The number of aliphatic hydroxyl groups is 1. The summed E-state index contributed by atoms with van der Waals surface area (Å²) < 4.78 is 21.4. The third-order valence-electron chi connectivity index (χ3n) is 7.49. The maximum absolute atomic E-state index is 14.7. The maximum atomic E-state index is 14.7. The van der Waals surface area contributed by atoms with Crippen molar-refractivity contribution in [2.45, 2.75) is 58.0 Å². The smallest absolute Gasteiger partial charge is 0.343 e. The predicted molar refractivity (Wildman–Crippen MR) is 116 cm³/mol. The van der Waals surface area contributed by atoms with Gasteiger partial charge in [-0.2, -0.15) is 0 Å². The van der Waals surface area contributed by atoms with Gasteiger partial charge >= 0.3 is 5.97 Å². The summed E-state index contributed by atoms with van der Waals surface area (Å²) in [6.45, 7) is 3.45. The second-order valence-electron chi connectivity index (χ2n) is 8.98. The summed E-state index contributed by atoms with van der Waals surface area (Å²) in [7, 11) is 0. The van der Waals surface area contributed by atoms with E-state index in [2.05, 4.69) is 0 Å². The highest BCUT2D eigenvalue weighted by Crippen LogP contribution is 2.46. The molecule has 1 aliphatic carbocycles. The number of nitrogens with zero attached hydrogens (tertiary/aromatic N) is 2. The minimum atomic E-state index is -1.91. The molecule has 2 aromatic heterocycles. The average molecular weight is 451 g/mol. The van der Waals surface area contributed by atoms with Crippen LogP contribution in [-0.4, -0.2) is 20.6 Å². The second-order valence-corrected chi connectivity index (χ2v) is 8.98. The number of rotatable bonds is 2. The number of benzene rings is 1. The Hall–Kier alpha value is -3.14. The Bertz CT molecular complexity index is 1460. The van der Waals surface area contributed by atoms with E-state index in [0.717, 1.165) is 22.1 Å². The lowest BCUT2D eigenvalue weighted by Gasteiger charge is -2.31. The van der Waals surface area contributed by atoms with Gasteiger partial charge in [-0.15, -0.1) is 0 Å². The molecule has 1 aromatic carbocycles. The second kappa shape index (κ2) is 6.69. The molecule has 0 bridgehead atoms. The van der Waals surface area contributed by atoms with E-state index in [0.29, 0.717) is 35.3 Å². The lowest BCUT2D eigenvalue weighted by Crippen LogP contribution is -2.44. The quantitative estimate of drug-likeness (QED) is 0.355. The zero-order valence-electron chi connectivity index (χ0n) is 18.2. The fourth-order valence-corrected chi connectivity index (χ4v) is 5.65. The number of cyclic esters (lactones) is 1. The van der Waals surface area contributed by atoms with Gasteiger partial charge in [0.05, 0.1) is 29.0 Å². The molecule has 0 radical (unpaired) electrons. The maximum Gasteiger partial charge on any atom is 0.343 e. The first-order valence-corrected chi connectivity index (χ1v) is 11.0. The number of aryl methyl sites for hydroxylation is 1. The molecule has 0 saturated carbocycles. The van der Waals surface area contributed by atoms with Gasteiger partial charge < -0.3 is 14.4 Å². The minimum Gasteiger partial charge on any atom is -0.458 e. The van der Waals surface area contributed by atoms with Crippen LogP contribution in [0.25, 0.3) is 22.3 Å². The number of fused-ring (bicyclic) bond motifs is 5. The van der Waals surface area contributed by atoms with E-state index < -0.39 is 17.7 Å². The lowest BCUT2D eigenvalue weighted by molar-refractivity contribution is -0.172. The van der Waals surface area contributed by atoms with Gasteiger partial charge in [0, 0.05) is 22.6 Å². The largest absolute Gasteiger partial charge is 0.458 e. The molecule has 3 N–H and O–H groups in total. The molecule has 3 aromatic rings. The standard InChI is InChI=1S/C24H22FN3O5/c1-3-24(31)14-6-17-21-12(8-28(17)22(29)13(14)9-32-23(24)30)20-18(33-26)5-4-11-10(2)15(25)7-16(27-21)19(11)20/h6-7,18,31H,3-5,8-9,26H2,1-2H3. The molecule has 0 amide bonds. The van der Waals surface area contributed by atoms with Crippen molar-refractivity contribution in [2.24, 2.45) is 5.90 Å².